The van der Waals surface area contributed by atoms with Crippen LogP contribution in [0.4, 0.5) is 0 Å². The van der Waals surface area contributed by atoms with Gasteiger partial charge in [0.2, 0.25) is 0 Å². The van der Waals surface area contributed by atoms with Gasteiger partial charge in [-0.05, 0) is 30.3 Å². The highest BCUT2D eigenvalue weighted by molar-refractivity contribution is 5.58. The van der Waals surface area contributed by atoms with Crippen LogP contribution in [0.1, 0.15) is 0 Å². The lowest BCUT2D eigenvalue weighted by Crippen LogP contribution is -1.98. The van der Waals surface area contributed by atoms with Crippen molar-refractivity contribution in [2.75, 3.05) is 0 Å². The van der Waals surface area contributed by atoms with E-state index in [9.17, 15) is 0 Å². The van der Waals surface area contributed by atoms with Crippen LogP contribution in [-0.2, 0) is 0 Å². The summed E-state index contributed by atoms with van der Waals surface area (Å²) in [6.07, 6.45) is 10.8. The van der Waals surface area contributed by atoms with Crippen molar-refractivity contribution in [1.29, 1.82) is 0 Å². The molecule has 0 atom stereocenters. The third-order valence-electron chi connectivity index (χ3n) is 3.26. The second kappa shape index (κ2) is 5.25. The molecule has 0 aliphatic heterocycles. The predicted molar refractivity (Wildman–Crippen MR) is 81.7 cm³/mol. The topological polar surface area (TPSA) is 61.4 Å². The van der Waals surface area contributed by atoms with Crippen molar-refractivity contribution in [2.24, 2.45) is 0 Å². The van der Waals surface area contributed by atoms with Gasteiger partial charge < -0.3 is 0 Å². The van der Waals surface area contributed by atoms with Crippen LogP contribution in [0.15, 0.2) is 73.6 Å². The molecular formula is C16H12N6. The van der Waals surface area contributed by atoms with Gasteiger partial charge in [0.25, 0.3) is 0 Å². The summed E-state index contributed by atoms with van der Waals surface area (Å²) in [5.41, 5.74) is 2.71. The quantitative estimate of drug-likeness (QED) is 0.581. The number of nitrogens with zero attached hydrogens (tertiary/aromatic N) is 6. The summed E-state index contributed by atoms with van der Waals surface area (Å²) in [4.78, 5) is 8.73. The molecule has 0 saturated heterocycles. The van der Waals surface area contributed by atoms with E-state index in [2.05, 4.69) is 20.2 Å². The normalized spacial score (nSPS) is 10.7. The maximum absolute atomic E-state index is 4.62. The minimum absolute atomic E-state index is 0.775. The highest BCUT2D eigenvalue weighted by atomic mass is 15.3. The first-order valence-corrected chi connectivity index (χ1v) is 6.83. The first kappa shape index (κ1) is 12.5. The summed E-state index contributed by atoms with van der Waals surface area (Å²) in [6.45, 7) is 0. The maximum atomic E-state index is 4.62. The minimum Gasteiger partial charge on any atom is -0.262 e. The second-order valence-corrected chi connectivity index (χ2v) is 4.72. The Labute approximate surface area is 126 Å². The minimum atomic E-state index is 0.775. The Balaban J connectivity index is 1.71. The molecule has 0 radical (unpaired) electrons. The molecule has 4 aromatic rings. The fraction of sp³-hybridized carbons (Fsp3) is 0. The summed E-state index contributed by atoms with van der Waals surface area (Å²) >= 11 is 0. The Morgan fingerprint density at radius 3 is 2.64 bits per heavy atom. The fourth-order valence-corrected chi connectivity index (χ4v) is 2.20. The molecule has 4 rings (SSSR count). The van der Waals surface area contributed by atoms with Crippen LogP contribution in [0.3, 0.4) is 0 Å². The van der Waals surface area contributed by atoms with Crippen LogP contribution in [0.2, 0.25) is 0 Å². The van der Waals surface area contributed by atoms with E-state index >= 15 is 0 Å². The van der Waals surface area contributed by atoms with Gasteiger partial charge >= 0.3 is 0 Å². The largest absolute Gasteiger partial charge is 0.262 e. The van der Waals surface area contributed by atoms with Crippen molar-refractivity contribution >= 4 is 0 Å². The summed E-state index contributed by atoms with van der Waals surface area (Å²) in [6, 6.07) is 11.5. The Morgan fingerprint density at radius 1 is 0.818 bits per heavy atom. The maximum Gasteiger partial charge on any atom is 0.153 e. The molecule has 0 bridgehead atoms. The summed E-state index contributed by atoms with van der Waals surface area (Å²) in [5.74, 6) is 0.775. The van der Waals surface area contributed by atoms with Crippen molar-refractivity contribution in [2.45, 2.75) is 0 Å². The van der Waals surface area contributed by atoms with Crippen LogP contribution in [0, 0.1) is 0 Å². The highest BCUT2D eigenvalue weighted by Gasteiger charge is 2.06. The molecule has 0 aliphatic carbocycles. The lowest BCUT2D eigenvalue weighted by atomic mass is 10.2. The Morgan fingerprint density at radius 2 is 1.82 bits per heavy atom. The number of hydrogen-bond acceptors (Lipinski definition) is 4. The van der Waals surface area contributed by atoms with Crippen LogP contribution in [-0.4, -0.2) is 29.5 Å². The third kappa shape index (κ3) is 2.26. The Bertz CT molecular complexity index is 880. The number of hydrogen-bond donors (Lipinski definition) is 0. The van der Waals surface area contributed by atoms with E-state index in [1.807, 2.05) is 48.8 Å². The first-order valence-electron chi connectivity index (χ1n) is 6.83. The zero-order valence-corrected chi connectivity index (χ0v) is 11.6. The van der Waals surface area contributed by atoms with E-state index in [1.54, 1.807) is 34.2 Å². The zero-order chi connectivity index (χ0) is 14.8. The molecule has 0 amide bonds. The molecule has 4 heterocycles. The van der Waals surface area contributed by atoms with Crippen molar-refractivity contribution in [3.05, 3.63) is 73.6 Å². The van der Waals surface area contributed by atoms with E-state index in [4.69, 9.17) is 0 Å². The average molecular weight is 288 g/mol. The SMILES string of the molecule is c1cncc(-n2cc(-c3cccc(-n4cccn4)n3)cn2)c1. The molecule has 0 spiro atoms. The summed E-state index contributed by atoms with van der Waals surface area (Å²) < 4.78 is 3.51. The van der Waals surface area contributed by atoms with Crippen LogP contribution >= 0.6 is 0 Å². The van der Waals surface area contributed by atoms with Gasteiger partial charge in [0.05, 0.1) is 23.8 Å². The molecule has 22 heavy (non-hydrogen) atoms. The number of rotatable bonds is 3. The molecule has 6 heteroatoms. The van der Waals surface area contributed by atoms with Gasteiger partial charge in [-0.15, -0.1) is 0 Å². The monoisotopic (exact) mass is 288 g/mol. The molecule has 0 aromatic carbocycles. The van der Waals surface area contributed by atoms with Crippen LogP contribution in [0.25, 0.3) is 22.8 Å². The lowest BCUT2D eigenvalue weighted by molar-refractivity contribution is 0.848. The molecular weight excluding hydrogens is 276 g/mol. The zero-order valence-electron chi connectivity index (χ0n) is 11.6. The Hall–Kier alpha value is -3.28. The second-order valence-electron chi connectivity index (χ2n) is 4.72. The van der Waals surface area contributed by atoms with E-state index in [0.717, 1.165) is 22.8 Å². The van der Waals surface area contributed by atoms with Crippen molar-refractivity contribution < 1.29 is 0 Å². The lowest BCUT2D eigenvalue weighted by Gasteiger charge is -2.02. The van der Waals surface area contributed by atoms with E-state index in [1.165, 1.54) is 0 Å². The van der Waals surface area contributed by atoms with Gasteiger partial charge in [-0.1, -0.05) is 6.07 Å². The predicted octanol–water partition coefficient (Wildman–Crippen LogP) is 2.51. The molecule has 0 N–H and O–H groups in total. The molecule has 0 aliphatic rings. The van der Waals surface area contributed by atoms with Gasteiger partial charge in [0.1, 0.15) is 0 Å². The molecule has 0 fully saturated rings. The standard InChI is InChI=1S/C16H12N6/c1-5-15(20-16(6-1)21-9-3-8-18-21)13-10-19-22(12-13)14-4-2-7-17-11-14/h1-12H. The molecule has 0 saturated carbocycles. The van der Waals surface area contributed by atoms with Crippen molar-refractivity contribution in [3.8, 4) is 22.8 Å². The fourth-order valence-electron chi connectivity index (χ4n) is 2.20. The van der Waals surface area contributed by atoms with E-state index in [-0.39, 0.29) is 0 Å². The van der Waals surface area contributed by atoms with Crippen LogP contribution in [0.5, 0.6) is 0 Å². The van der Waals surface area contributed by atoms with Gasteiger partial charge in [0.15, 0.2) is 5.82 Å². The first-order chi connectivity index (χ1) is 10.9. The molecule has 106 valence electrons. The number of pyridine rings is 2. The molecule has 6 nitrogen and oxygen atoms in total. The average Bonchev–Trinajstić information content (AvgIpc) is 3.28. The summed E-state index contributed by atoms with van der Waals surface area (Å²) in [7, 11) is 0. The molecule has 0 unspecified atom stereocenters. The van der Waals surface area contributed by atoms with Gasteiger partial charge in [0, 0.05) is 30.4 Å². The molecule has 4 aromatic heterocycles. The Kier molecular flexibility index (Phi) is 2.97. The summed E-state index contributed by atoms with van der Waals surface area (Å²) in [5, 5.41) is 8.57. The van der Waals surface area contributed by atoms with Gasteiger partial charge in [-0.2, -0.15) is 10.2 Å². The van der Waals surface area contributed by atoms with E-state index < -0.39 is 0 Å². The van der Waals surface area contributed by atoms with Crippen molar-refractivity contribution in [3.63, 3.8) is 0 Å². The smallest absolute Gasteiger partial charge is 0.153 e. The third-order valence-corrected chi connectivity index (χ3v) is 3.26. The van der Waals surface area contributed by atoms with Crippen LogP contribution < -0.4 is 0 Å². The van der Waals surface area contributed by atoms with E-state index in [0.29, 0.717) is 0 Å². The highest BCUT2D eigenvalue weighted by Crippen LogP contribution is 2.19. The number of aromatic nitrogens is 6. The van der Waals surface area contributed by atoms with Crippen molar-refractivity contribution in [1.82, 2.24) is 29.5 Å². The van der Waals surface area contributed by atoms with Gasteiger partial charge in [-0.3, -0.25) is 4.98 Å². The van der Waals surface area contributed by atoms with Gasteiger partial charge in [-0.25, -0.2) is 14.3 Å².